The summed E-state index contributed by atoms with van der Waals surface area (Å²) in [6.07, 6.45) is 0.914. The maximum Gasteiger partial charge on any atom is 0.408 e. The molecule has 0 atom stereocenters. The van der Waals surface area contributed by atoms with Gasteiger partial charge in [0, 0.05) is 12.6 Å². The highest BCUT2D eigenvalue weighted by Crippen LogP contribution is 2.31. The van der Waals surface area contributed by atoms with Crippen molar-refractivity contribution in [2.75, 3.05) is 5.32 Å². The minimum atomic E-state index is -0.599. The summed E-state index contributed by atoms with van der Waals surface area (Å²) in [5.41, 5.74) is 0.163. The zero-order valence-corrected chi connectivity index (χ0v) is 18.5. The quantitative estimate of drug-likeness (QED) is 0.612. The molecule has 0 bridgehead atoms. The maximum atomic E-state index is 12.6. The van der Waals surface area contributed by atoms with Gasteiger partial charge in [-0.15, -0.1) is 11.3 Å². The van der Waals surface area contributed by atoms with Crippen LogP contribution in [-0.2, 0) is 18.3 Å². The SMILES string of the molecule is Cn1nc(CNC(=O)OC(C)(C)C)nc1NC(=O)c1cnc(-c2ccccc2Cl)s1. The van der Waals surface area contributed by atoms with E-state index in [4.69, 9.17) is 16.3 Å². The molecule has 1 aromatic carbocycles. The van der Waals surface area contributed by atoms with E-state index >= 15 is 0 Å². The average molecular weight is 449 g/mol. The van der Waals surface area contributed by atoms with Gasteiger partial charge in [-0.2, -0.15) is 10.1 Å². The Bertz CT molecular complexity index is 1070. The molecule has 0 fully saturated rings. The Morgan fingerprint density at radius 1 is 1.27 bits per heavy atom. The number of alkyl carbamates (subject to hydrolysis) is 1. The molecular weight excluding hydrogens is 428 g/mol. The number of aromatic nitrogens is 4. The van der Waals surface area contributed by atoms with Crippen molar-refractivity contribution < 1.29 is 14.3 Å². The summed E-state index contributed by atoms with van der Waals surface area (Å²) < 4.78 is 6.59. The Hall–Kier alpha value is -2.98. The van der Waals surface area contributed by atoms with Crippen LogP contribution in [0.4, 0.5) is 10.7 Å². The summed E-state index contributed by atoms with van der Waals surface area (Å²) in [5, 5.41) is 10.7. The third-order valence-corrected chi connectivity index (χ3v) is 5.01. The second-order valence-corrected chi connectivity index (χ2v) is 8.73. The third-order valence-electron chi connectivity index (χ3n) is 3.66. The highest BCUT2D eigenvalue weighted by molar-refractivity contribution is 7.17. The first kappa shape index (κ1) is 21.7. The number of hydrogen-bond acceptors (Lipinski definition) is 7. The predicted octanol–water partition coefficient (Wildman–Crippen LogP) is 3.87. The van der Waals surface area contributed by atoms with Crippen molar-refractivity contribution in [2.24, 2.45) is 7.05 Å². The number of carbonyl (C=O) groups is 2. The molecule has 2 heterocycles. The highest BCUT2D eigenvalue weighted by atomic mass is 35.5. The minimum absolute atomic E-state index is 0.0653. The van der Waals surface area contributed by atoms with Crippen molar-refractivity contribution in [3.8, 4) is 10.6 Å². The second-order valence-electron chi connectivity index (χ2n) is 7.29. The molecule has 30 heavy (non-hydrogen) atoms. The number of carbonyl (C=O) groups excluding carboxylic acids is 2. The van der Waals surface area contributed by atoms with Crippen LogP contribution in [0.25, 0.3) is 10.6 Å². The summed E-state index contributed by atoms with van der Waals surface area (Å²) in [6, 6.07) is 7.30. The van der Waals surface area contributed by atoms with E-state index in [2.05, 4.69) is 25.7 Å². The lowest BCUT2D eigenvalue weighted by atomic mass is 10.2. The summed E-state index contributed by atoms with van der Waals surface area (Å²) in [5.74, 6) is 0.210. The smallest absolute Gasteiger partial charge is 0.408 e. The maximum absolute atomic E-state index is 12.6. The van der Waals surface area contributed by atoms with Gasteiger partial charge in [-0.05, 0) is 26.8 Å². The van der Waals surface area contributed by atoms with Crippen LogP contribution in [0.1, 0.15) is 36.3 Å². The number of halogens is 1. The largest absolute Gasteiger partial charge is 0.444 e. The molecule has 0 spiro atoms. The van der Waals surface area contributed by atoms with Crippen LogP contribution in [0.2, 0.25) is 5.02 Å². The van der Waals surface area contributed by atoms with Gasteiger partial charge in [0.2, 0.25) is 5.95 Å². The Kier molecular flexibility index (Phi) is 6.37. The van der Waals surface area contributed by atoms with E-state index in [1.54, 1.807) is 33.9 Å². The predicted molar refractivity (Wildman–Crippen MR) is 115 cm³/mol. The fraction of sp³-hybridized carbons (Fsp3) is 0.316. The third kappa shape index (κ3) is 5.55. The van der Waals surface area contributed by atoms with E-state index in [-0.39, 0.29) is 18.4 Å². The van der Waals surface area contributed by atoms with E-state index in [1.165, 1.54) is 22.2 Å². The lowest BCUT2D eigenvalue weighted by molar-refractivity contribution is 0.0522. The number of hydrogen-bond donors (Lipinski definition) is 2. The van der Waals surface area contributed by atoms with Gasteiger partial charge >= 0.3 is 6.09 Å². The van der Waals surface area contributed by atoms with Gasteiger partial charge in [-0.25, -0.2) is 14.5 Å². The topological polar surface area (TPSA) is 111 Å². The minimum Gasteiger partial charge on any atom is -0.444 e. The molecular formula is C19H21ClN6O3S. The molecule has 0 unspecified atom stereocenters. The number of thiazole rings is 1. The van der Waals surface area contributed by atoms with Crippen LogP contribution in [-0.4, -0.2) is 37.3 Å². The molecule has 0 saturated carbocycles. The fourth-order valence-electron chi connectivity index (χ4n) is 2.39. The molecule has 3 aromatic rings. The molecule has 9 nitrogen and oxygen atoms in total. The van der Waals surface area contributed by atoms with Crippen LogP contribution < -0.4 is 10.6 Å². The van der Waals surface area contributed by atoms with E-state index in [0.29, 0.717) is 20.7 Å². The van der Waals surface area contributed by atoms with Gasteiger partial charge in [-0.3, -0.25) is 10.1 Å². The standard InChI is InChI=1S/C19H21ClN6O3S/c1-19(2,3)29-18(28)22-10-14-23-17(26(4)25-14)24-15(27)13-9-21-16(30-13)11-7-5-6-8-12(11)20/h5-9H,10H2,1-4H3,(H,22,28)(H,23,24,25,27). The van der Waals surface area contributed by atoms with Crippen molar-refractivity contribution in [1.82, 2.24) is 25.1 Å². The summed E-state index contributed by atoms with van der Waals surface area (Å²) in [4.78, 5) is 33.3. The molecule has 0 aliphatic heterocycles. The number of rotatable bonds is 5. The first-order valence-corrected chi connectivity index (χ1v) is 10.2. The molecule has 158 valence electrons. The fourth-order valence-corrected chi connectivity index (χ4v) is 3.52. The molecule has 2 amide bonds. The lowest BCUT2D eigenvalue weighted by Crippen LogP contribution is -2.32. The van der Waals surface area contributed by atoms with E-state index in [0.717, 1.165) is 5.56 Å². The molecule has 0 saturated heterocycles. The van der Waals surface area contributed by atoms with E-state index in [9.17, 15) is 9.59 Å². The normalized spacial score (nSPS) is 11.2. The van der Waals surface area contributed by atoms with Crippen LogP contribution in [0.3, 0.4) is 0 Å². The second kappa shape index (κ2) is 8.80. The Labute approximate surface area is 182 Å². The number of aryl methyl sites for hydroxylation is 1. The van der Waals surface area contributed by atoms with Crippen molar-refractivity contribution in [1.29, 1.82) is 0 Å². The average Bonchev–Trinajstić information content (AvgIpc) is 3.26. The summed E-state index contributed by atoms with van der Waals surface area (Å²) >= 11 is 7.41. The van der Waals surface area contributed by atoms with Crippen molar-refractivity contribution in [3.63, 3.8) is 0 Å². The van der Waals surface area contributed by atoms with Gasteiger partial charge in [0.25, 0.3) is 5.91 Å². The zero-order valence-electron chi connectivity index (χ0n) is 16.9. The lowest BCUT2D eigenvalue weighted by Gasteiger charge is -2.19. The number of ether oxygens (including phenoxy) is 1. The van der Waals surface area contributed by atoms with Crippen LogP contribution >= 0.6 is 22.9 Å². The van der Waals surface area contributed by atoms with E-state index in [1.807, 2.05) is 18.2 Å². The molecule has 0 aliphatic carbocycles. The molecule has 2 aromatic heterocycles. The number of nitrogens with zero attached hydrogens (tertiary/aromatic N) is 4. The first-order chi connectivity index (χ1) is 14.1. The van der Waals surface area contributed by atoms with Gasteiger partial charge in [0.05, 0.1) is 17.8 Å². The number of benzene rings is 1. The van der Waals surface area contributed by atoms with Gasteiger partial charge < -0.3 is 10.1 Å². The Morgan fingerprint density at radius 3 is 2.70 bits per heavy atom. The Morgan fingerprint density at radius 2 is 2.00 bits per heavy atom. The first-order valence-electron chi connectivity index (χ1n) is 9.01. The van der Waals surface area contributed by atoms with E-state index < -0.39 is 11.7 Å². The van der Waals surface area contributed by atoms with Gasteiger partial charge in [-0.1, -0.05) is 29.8 Å². The summed E-state index contributed by atoms with van der Waals surface area (Å²) in [7, 11) is 1.64. The molecule has 11 heteroatoms. The van der Waals surface area contributed by atoms with Crippen LogP contribution in [0.15, 0.2) is 30.5 Å². The zero-order chi connectivity index (χ0) is 21.9. The molecule has 3 rings (SSSR count). The van der Waals surface area contributed by atoms with Crippen molar-refractivity contribution in [2.45, 2.75) is 32.9 Å². The van der Waals surface area contributed by atoms with Crippen LogP contribution in [0.5, 0.6) is 0 Å². The summed E-state index contributed by atoms with van der Waals surface area (Å²) in [6.45, 7) is 5.39. The van der Waals surface area contributed by atoms with Gasteiger partial charge in [0.15, 0.2) is 5.82 Å². The van der Waals surface area contributed by atoms with Crippen LogP contribution in [0, 0.1) is 0 Å². The molecule has 0 radical (unpaired) electrons. The molecule has 2 N–H and O–H groups in total. The monoisotopic (exact) mass is 448 g/mol. The Balaban J connectivity index is 1.64. The van der Waals surface area contributed by atoms with Crippen molar-refractivity contribution in [3.05, 3.63) is 46.2 Å². The number of amides is 2. The van der Waals surface area contributed by atoms with Gasteiger partial charge in [0.1, 0.15) is 15.5 Å². The number of anilines is 1. The van der Waals surface area contributed by atoms with Crippen molar-refractivity contribution >= 4 is 40.9 Å². The highest BCUT2D eigenvalue weighted by Gasteiger charge is 2.18. The number of nitrogens with one attached hydrogen (secondary N) is 2. The molecule has 0 aliphatic rings.